The average Bonchev–Trinajstić information content (AvgIpc) is 3.09. The fourth-order valence-corrected chi connectivity index (χ4v) is 6.63. The van der Waals surface area contributed by atoms with Crippen molar-refractivity contribution < 1.29 is 47.2 Å². The zero-order valence-electron chi connectivity index (χ0n) is 14.6. The molecule has 160 valence electrons. The maximum absolute atomic E-state index is 13.9. The minimum atomic E-state index is -4.87. The maximum Gasteiger partial charge on any atom is 0.298 e. The third-order valence-corrected chi connectivity index (χ3v) is 7.58. The average molecular weight is 468 g/mol. The van der Waals surface area contributed by atoms with Gasteiger partial charge in [-0.2, -0.15) is 16.8 Å². The third-order valence-electron chi connectivity index (χ3n) is 4.62. The van der Waals surface area contributed by atoms with E-state index in [4.69, 9.17) is 8.37 Å². The SMILES string of the molecule is Cc1c(F)cc(C2OS(=O)(=O)C3=C2S(=O)(=O)OC3c2cc(F)c(F)c(F)c2)cc1F. The molecule has 2 aliphatic rings. The highest BCUT2D eigenvalue weighted by Crippen LogP contribution is 2.54. The molecule has 0 radical (unpaired) electrons. The van der Waals surface area contributed by atoms with Crippen LogP contribution in [0.4, 0.5) is 22.0 Å². The number of halogens is 5. The van der Waals surface area contributed by atoms with Gasteiger partial charge in [-0.05, 0) is 42.3 Å². The van der Waals surface area contributed by atoms with Crippen molar-refractivity contribution in [3.05, 3.63) is 79.9 Å². The Kier molecular flexibility index (Phi) is 4.58. The van der Waals surface area contributed by atoms with E-state index in [1.807, 2.05) is 0 Å². The minimum absolute atomic E-state index is 0.364. The Balaban J connectivity index is 1.94. The highest BCUT2D eigenvalue weighted by Gasteiger charge is 2.56. The molecule has 0 amide bonds. The second kappa shape index (κ2) is 6.57. The van der Waals surface area contributed by atoms with Crippen molar-refractivity contribution in [2.45, 2.75) is 19.1 Å². The van der Waals surface area contributed by atoms with Crippen LogP contribution in [0.5, 0.6) is 0 Å². The van der Waals surface area contributed by atoms with Crippen LogP contribution in [0.1, 0.15) is 28.9 Å². The fraction of sp³-hybridized carbons (Fsp3) is 0.176. The summed E-state index contributed by atoms with van der Waals surface area (Å²) in [5.41, 5.74) is -1.53. The summed E-state index contributed by atoms with van der Waals surface area (Å²) in [6.45, 7) is 1.11. The number of rotatable bonds is 2. The predicted octanol–water partition coefficient (Wildman–Crippen LogP) is 3.40. The molecule has 0 aromatic heterocycles. The van der Waals surface area contributed by atoms with Gasteiger partial charge in [0.05, 0.1) is 0 Å². The van der Waals surface area contributed by atoms with E-state index >= 15 is 0 Å². The first-order valence-electron chi connectivity index (χ1n) is 8.04. The number of hydrogen-bond donors (Lipinski definition) is 0. The van der Waals surface area contributed by atoms with E-state index in [9.17, 15) is 38.8 Å². The fourth-order valence-electron chi connectivity index (χ4n) is 3.17. The molecule has 2 aromatic rings. The van der Waals surface area contributed by atoms with E-state index in [0.717, 1.165) is 6.92 Å². The molecule has 0 N–H and O–H groups in total. The van der Waals surface area contributed by atoms with E-state index in [2.05, 4.69) is 0 Å². The van der Waals surface area contributed by atoms with Crippen molar-refractivity contribution in [3.63, 3.8) is 0 Å². The Labute approximate surface area is 166 Å². The van der Waals surface area contributed by atoms with Crippen molar-refractivity contribution in [3.8, 4) is 0 Å². The predicted molar refractivity (Wildman–Crippen MR) is 89.9 cm³/mol. The molecule has 2 heterocycles. The summed E-state index contributed by atoms with van der Waals surface area (Å²) in [6, 6.07) is 2.11. The first-order valence-corrected chi connectivity index (χ1v) is 10.9. The molecule has 30 heavy (non-hydrogen) atoms. The monoisotopic (exact) mass is 468 g/mol. The number of benzene rings is 2. The van der Waals surface area contributed by atoms with Gasteiger partial charge in [-0.25, -0.2) is 22.0 Å². The Hall–Kier alpha value is -2.35. The lowest BCUT2D eigenvalue weighted by Crippen LogP contribution is -2.16. The molecule has 6 nitrogen and oxygen atoms in total. The van der Waals surface area contributed by atoms with E-state index in [1.165, 1.54) is 0 Å². The molecule has 0 bridgehead atoms. The molecule has 13 heteroatoms. The van der Waals surface area contributed by atoms with Crippen LogP contribution < -0.4 is 0 Å². The van der Waals surface area contributed by atoms with E-state index in [1.54, 1.807) is 0 Å². The molecular weight excluding hydrogens is 459 g/mol. The zero-order valence-corrected chi connectivity index (χ0v) is 16.3. The zero-order chi connectivity index (χ0) is 22.2. The molecule has 2 atom stereocenters. The summed E-state index contributed by atoms with van der Waals surface area (Å²) in [6.07, 6.45) is -4.07. The molecule has 2 unspecified atom stereocenters. The van der Waals surface area contributed by atoms with Crippen LogP contribution in [0, 0.1) is 36.0 Å². The first kappa shape index (κ1) is 20.9. The standard InChI is InChI=1S/C17H9F5O6S2/c1-6-9(18)2-7(3-10(6)19)14-16-17(30(25,26)27-14)15(28-29(16,23)24)8-4-11(20)13(22)12(21)5-8/h2-5,14-15H,1H3. The molecule has 2 aromatic carbocycles. The molecule has 4 rings (SSSR count). The summed E-state index contributed by atoms with van der Waals surface area (Å²) in [7, 11) is -9.74. The smallest absolute Gasteiger partial charge is 0.253 e. The largest absolute Gasteiger partial charge is 0.298 e. The third kappa shape index (κ3) is 3.04. The summed E-state index contributed by atoms with van der Waals surface area (Å²) in [4.78, 5) is -2.00. The second-order valence-electron chi connectivity index (χ2n) is 6.50. The Morgan fingerprint density at radius 2 is 1.00 bits per heavy atom. The van der Waals surface area contributed by atoms with Gasteiger partial charge in [-0.15, -0.1) is 0 Å². The molecule has 0 aliphatic carbocycles. The van der Waals surface area contributed by atoms with E-state index in [-0.39, 0.29) is 0 Å². The van der Waals surface area contributed by atoms with Gasteiger partial charge in [0, 0.05) is 5.56 Å². The Bertz CT molecular complexity index is 1200. The lowest BCUT2D eigenvalue weighted by atomic mass is 10.0. The highest BCUT2D eigenvalue weighted by molar-refractivity contribution is 7.96. The van der Waals surface area contributed by atoms with Crippen molar-refractivity contribution in [1.29, 1.82) is 0 Å². The van der Waals surface area contributed by atoms with Gasteiger partial charge in [-0.1, -0.05) is 0 Å². The van der Waals surface area contributed by atoms with E-state index in [0.29, 0.717) is 24.3 Å². The van der Waals surface area contributed by atoms with Gasteiger partial charge < -0.3 is 0 Å². The van der Waals surface area contributed by atoms with E-state index < -0.39 is 88.0 Å². The summed E-state index contributed by atoms with van der Waals surface area (Å²) >= 11 is 0. The summed E-state index contributed by atoms with van der Waals surface area (Å²) < 4.78 is 128. The second-order valence-corrected chi connectivity index (χ2v) is 9.58. The van der Waals surface area contributed by atoms with Crippen molar-refractivity contribution in [2.24, 2.45) is 0 Å². The van der Waals surface area contributed by atoms with Crippen molar-refractivity contribution in [1.82, 2.24) is 0 Å². The summed E-state index contributed by atoms with van der Waals surface area (Å²) in [5, 5.41) is 0. The lowest BCUT2D eigenvalue weighted by molar-refractivity contribution is 0.243. The molecule has 0 spiro atoms. The van der Waals surface area contributed by atoms with Crippen LogP contribution in [-0.4, -0.2) is 16.8 Å². The molecule has 0 saturated heterocycles. The van der Waals surface area contributed by atoms with Crippen molar-refractivity contribution in [2.75, 3.05) is 0 Å². The highest BCUT2D eigenvalue weighted by atomic mass is 32.2. The van der Waals surface area contributed by atoms with Gasteiger partial charge in [0.1, 0.15) is 33.7 Å². The van der Waals surface area contributed by atoms with Crippen LogP contribution in [0.3, 0.4) is 0 Å². The maximum atomic E-state index is 13.9. The van der Waals surface area contributed by atoms with Crippen LogP contribution >= 0.6 is 0 Å². The topological polar surface area (TPSA) is 86.7 Å². The molecule has 0 fully saturated rings. The Morgan fingerprint density at radius 1 is 0.667 bits per heavy atom. The van der Waals surface area contributed by atoms with Crippen LogP contribution in [0.25, 0.3) is 0 Å². The first-order chi connectivity index (χ1) is 13.8. The van der Waals surface area contributed by atoms with Gasteiger partial charge in [-0.3, -0.25) is 8.37 Å². The van der Waals surface area contributed by atoms with Gasteiger partial charge in [0.25, 0.3) is 20.2 Å². The quantitative estimate of drug-likeness (QED) is 0.382. The molecule has 0 saturated carbocycles. The van der Waals surface area contributed by atoms with Crippen LogP contribution in [0.2, 0.25) is 0 Å². The van der Waals surface area contributed by atoms with Gasteiger partial charge in [0.2, 0.25) is 0 Å². The molecule has 2 aliphatic heterocycles. The van der Waals surface area contributed by atoms with Crippen LogP contribution in [0.15, 0.2) is 34.1 Å². The van der Waals surface area contributed by atoms with Gasteiger partial charge >= 0.3 is 0 Å². The minimum Gasteiger partial charge on any atom is -0.253 e. The molecular formula is C17H9F5O6S2. The Morgan fingerprint density at radius 3 is 1.37 bits per heavy atom. The normalized spacial score (nSPS) is 24.3. The number of hydrogen-bond acceptors (Lipinski definition) is 6. The lowest BCUT2D eigenvalue weighted by Gasteiger charge is -2.16. The van der Waals surface area contributed by atoms with Gasteiger partial charge in [0.15, 0.2) is 17.5 Å². The van der Waals surface area contributed by atoms with Crippen molar-refractivity contribution >= 4 is 20.2 Å². The van der Waals surface area contributed by atoms with Crippen LogP contribution in [-0.2, 0) is 28.6 Å². The summed E-state index contributed by atoms with van der Waals surface area (Å²) in [5.74, 6) is -7.46.